The van der Waals surface area contributed by atoms with E-state index in [1.807, 2.05) is 25.3 Å². The fourth-order valence-corrected chi connectivity index (χ4v) is 2.11. The second-order valence-corrected chi connectivity index (χ2v) is 4.50. The van der Waals surface area contributed by atoms with E-state index >= 15 is 0 Å². The molecule has 0 saturated carbocycles. The fraction of sp³-hybridized carbons (Fsp3) is 0.250. The molecule has 2 nitrogen and oxygen atoms in total. The molecule has 0 aliphatic rings. The first-order valence-electron chi connectivity index (χ1n) is 5.08. The van der Waals surface area contributed by atoms with Crippen LogP contribution in [-0.4, -0.2) is 9.55 Å². The van der Waals surface area contributed by atoms with E-state index in [0.717, 1.165) is 29.4 Å². The molecule has 0 spiro atoms. The highest BCUT2D eigenvalue weighted by Crippen LogP contribution is 2.21. The van der Waals surface area contributed by atoms with E-state index in [1.165, 1.54) is 0 Å². The van der Waals surface area contributed by atoms with Crippen LogP contribution in [0.2, 0.25) is 10.0 Å². The van der Waals surface area contributed by atoms with Gasteiger partial charge in [-0.1, -0.05) is 29.3 Å². The molecular weight excluding hydrogens is 243 g/mol. The van der Waals surface area contributed by atoms with Crippen LogP contribution in [0.1, 0.15) is 11.4 Å². The number of hydrogen-bond donors (Lipinski definition) is 0. The summed E-state index contributed by atoms with van der Waals surface area (Å²) in [5.74, 6) is 1.02. The topological polar surface area (TPSA) is 17.8 Å². The van der Waals surface area contributed by atoms with Crippen molar-refractivity contribution in [1.82, 2.24) is 9.55 Å². The van der Waals surface area contributed by atoms with Crippen LogP contribution in [0, 0.1) is 6.92 Å². The molecule has 0 saturated heterocycles. The van der Waals surface area contributed by atoms with Gasteiger partial charge in [-0.2, -0.15) is 0 Å². The molecule has 1 aromatic carbocycles. The summed E-state index contributed by atoms with van der Waals surface area (Å²) in [6.45, 7) is 2.87. The molecule has 0 unspecified atom stereocenters. The molecule has 2 rings (SSSR count). The molecule has 0 aliphatic heterocycles. The molecule has 0 aliphatic carbocycles. The summed E-state index contributed by atoms with van der Waals surface area (Å²) < 4.78 is 2.10. The van der Waals surface area contributed by atoms with Gasteiger partial charge in [0.25, 0.3) is 0 Å². The summed E-state index contributed by atoms with van der Waals surface area (Å²) >= 11 is 11.9. The van der Waals surface area contributed by atoms with Crippen molar-refractivity contribution < 1.29 is 0 Å². The van der Waals surface area contributed by atoms with Crippen LogP contribution in [0.4, 0.5) is 0 Å². The summed E-state index contributed by atoms with van der Waals surface area (Å²) in [5, 5.41) is 1.40. The highest BCUT2D eigenvalue weighted by Gasteiger charge is 2.02. The van der Waals surface area contributed by atoms with Crippen LogP contribution < -0.4 is 0 Å². The molecule has 2 aromatic rings. The fourth-order valence-electron chi connectivity index (χ4n) is 1.61. The van der Waals surface area contributed by atoms with Gasteiger partial charge in [0.2, 0.25) is 0 Å². The number of hydrogen-bond acceptors (Lipinski definition) is 1. The minimum Gasteiger partial charge on any atom is -0.335 e. The first-order chi connectivity index (χ1) is 7.66. The van der Waals surface area contributed by atoms with E-state index in [1.54, 1.807) is 12.3 Å². The smallest absolute Gasteiger partial charge is 0.105 e. The van der Waals surface area contributed by atoms with E-state index in [4.69, 9.17) is 23.2 Å². The number of rotatable bonds is 3. The molecule has 0 N–H and O–H groups in total. The van der Waals surface area contributed by atoms with Gasteiger partial charge in [-0.3, -0.25) is 0 Å². The molecule has 0 fully saturated rings. The third-order valence-electron chi connectivity index (χ3n) is 2.56. The lowest BCUT2D eigenvalue weighted by atomic mass is 10.1. The molecule has 84 valence electrons. The Kier molecular flexibility index (Phi) is 3.52. The zero-order valence-corrected chi connectivity index (χ0v) is 10.5. The Morgan fingerprint density at radius 3 is 2.75 bits per heavy atom. The third-order valence-corrected chi connectivity index (χ3v) is 3.15. The van der Waals surface area contributed by atoms with E-state index in [-0.39, 0.29) is 0 Å². The van der Waals surface area contributed by atoms with Crippen LogP contribution in [-0.2, 0) is 13.0 Å². The normalized spacial score (nSPS) is 10.7. The molecule has 0 amide bonds. The zero-order valence-electron chi connectivity index (χ0n) is 8.95. The van der Waals surface area contributed by atoms with Crippen molar-refractivity contribution in [2.45, 2.75) is 19.9 Å². The lowest BCUT2D eigenvalue weighted by Gasteiger charge is -2.07. The Morgan fingerprint density at radius 1 is 1.31 bits per heavy atom. The van der Waals surface area contributed by atoms with Gasteiger partial charge >= 0.3 is 0 Å². The van der Waals surface area contributed by atoms with E-state index in [0.29, 0.717) is 5.02 Å². The van der Waals surface area contributed by atoms with Gasteiger partial charge in [0, 0.05) is 29.0 Å². The monoisotopic (exact) mass is 254 g/mol. The summed E-state index contributed by atoms with van der Waals surface area (Å²) in [5.41, 5.74) is 1.11. The van der Waals surface area contributed by atoms with E-state index < -0.39 is 0 Å². The molecule has 0 atom stereocenters. The lowest BCUT2D eigenvalue weighted by molar-refractivity contribution is 0.673. The number of halogens is 2. The Balaban J connectivity index is 2.08. The van der Waals surface area contributed by atoms with Crippen LogP contribution in [0.3, 0.4) is 0 Å². The number of aromatic nitrogens is 2. The standard InChI is InChI=1S/C12H12Cl2N2/c1-9-15-5-7-16(9)6-4-10-2-3-11(13)8-12(10)14/h2-3,5,7-8H,4,6H2,1H3. The Labute approximate surface area is 105 Å². The first kappa shape index (κ1) is 11.5. The summed E-state index contributed by atoms with van der Waals surface area (Å²) in [6.07, 6.45) is 4.66. The summed E-state index contributed by atoms with van der Waals surface area (Å²) in [7, 11) is 0. The largest absolute Gasteiger partial charge is 0.335 e. The minimum atomic E-state index is 0.674. The Bertz CT molecular complexity index is 492. The molecular formula is C12H12Cl2N2. The highest BCUT2D eigenvalue weighted by atomic mass is 35.5. The SMILES string of the molecule is Cc1nccn1CCc1ccc(Cl)cc1Cl. The molecule has 0 radical (unpaired) electrons. The van der Waals surface area contributed by atoms with Gasteiger partial charge in [-0.25, -0.2) is 4.98 Å². The van der Waals surface area contributed by atoms with Gasteiger partial charge < -0.3 is 4.57 Å². The number of aryl methyl sites for hydroxylation is 3. The molecule has 4 heteroatoms. The van der Waals surface area contributed by atoms with Crippen LogP contribution in [0.5, 0.6) is 0 Å². The molecule has 0 bridgehead atoms. The van der Waals surface area contributed by atoms with Crippen molar-refractivity contribution in [2.24, 2.45) is 0 Å². The van der Waals surface area contributed by atoms with Gasteiger partial charge in [-0.15, -0.1) is 0 Å². The second kappa shape index (κ2) is 4.89. The zero-order chi connectivity index (χ0) is 11.5. The molecule has 1 aromatic heterocycles. The highest BCUT2D eigenvalue weighted by molar-refractivity contribution is 6.35. The minimum absolute atomic E-state index is 0.674. The van der Waals surface area contributed by atoms with Gasteiger partial charge in [0.15, 0.2) is 0 Å². The predicted octanol–water partition coefficient (Wildman–Crippen LogP) is 3.74. The number of nitrogens with zero attached hydrogens (tertiary/aromatic N) is 2. The lowest BCUT2D eigenvalue weighted by Crippen LogP contribution is -2.02. The molecule has 1 heterocycles. The number of benzene rings is 1. The average molecular weight is 255 g/mol. The average Bonchev–Trinajstić information content (AvgIpc) is 2.63. The predicted molar refractivity (Wildman–Crippen MR) is 67.1 cm³/mol. The maximum Gasteiger partial charge on any atom is 0.105 e. The van der Waals surface area contributed by atoms with Crippen LogP contribution in [0.15, 0.2) is 30.6 Å². The molecule has 16 heavy (non-hydrogen) atoms. The van der Waals surface area contributed by atoms with Crippen LogP contribution >= 0.6 is 23.2 Å². The van der Waals surface area contributed by atoms with Gasteiger partial charge in [-0.05, 0) is 31.0 Å². The summed E-state index contributed by atoms with van der Waals surface area (Å²) in [6, 6.07) is 5.61. The van der Waals surface area contributed by atoms with Crippen molar-refractivity contribution in [3.63, 3.8) is 0 Å². The maximum absolute atomic E-state index is 6.10. The van der Waals surface area contributed by atoms with Crippen LogP contribution in [0.25, 0.3) is 0 Å². The van der Waals surface area contributed by atoms with Crippen molar-refractivity contribution in [2.75, 3.05) is 0 Å². The maximum atomic E-state index is 6.10. The quantitative estimate of drug-likeness (QED) is 0.816. The second-order valence-electron chi connectivity index (χ2n) is 3.65. The van der Waals surface area contributed by atoms with Gasteiger partial charge in [0.05, 0.1) is 0 Å². The van der Waals surface area contributed by atoms with Crippen molar-refractivity contribution >= 4 is 23.2 Å². The Morgan fingerprint density at radius 2 is 2.12 bits per heavy atom. The first-order valence-corrected chi connectivity index (χ1v) is 5.84. The third kappa shape index (κ3) is 2.57. The summed E-state index contributed by atoms with van der Waals surface area (Å²) in [4.78, 5) is 4.17. The van der Waals surface area contributed by atoms with Crippen molar-refractivity contribution in [3.8, 4) is 0 Å². The Hall–Kier alpha value is -0.990. The van der Waals surface area contributed by atoms with Crippen molar-refractivity contribution in [1.29, 1.82) is 0 Å². The van der Waals surface area contributed by atoms with E-state index in [9.17, 15) is 0 Å². The van der Waals surface area contributed by atoms with Gasteiger partial charge in [0.1, 0.15) is 5.82 Å². The number of imidazole rings is 1. The van der Waals surface area contributed by atoms with E-state index in [2.05, 4.69) is 9.55 Å². The van der Waals surface area contributed by atoms with Crippen molar-refractivity contribution in [3.05, 3.63) is 52.0 Å².